The van der Waals surface area contributed by atoms with Crippen LogP contribution < -0.4 is 0 Å². The van der Waals surface area contributed by atoms with Crippen LogP contribution in [-0.2, 0) is 0 Å². The summed E-state index contributed by atoms with van der Waals surface area (Å²) in [6.45, 7) is 4.46. The van der Waals surface area contributed by atoms with E-state index < -0.39 is 0 Å². The van der Waals surface area contributed by atoms with E-state index in [2.05, 4.69) is 56.3 Å². The smallest absolute Gasteiger partial charge is 0.257 e. The maximum atomic E-state index is 5.99. The molecule has 0 aromatic carbocycles. The number of thiophene rings is 2. The molecule has 2 bridgehead atoms. The van der Waals surface area contributed by atoms with E-state index in [1.807, 2.05) is 17.5 Å². The summed E-state index contributed by atoms with van der Waals surface area (Å²) in [5, 5.41) is 22.9. The van der Waals surface area contributed by atoms with Crippen LogP contribution in [0.25, 0.3) is 21.5 Å². The van der Waals surface area contributed by atoms with E-state index in [1.165, 1.54) is 30.6 Å². The van der Waals surface area contributed by atoms with E-state index in [4.69, 9.17) is 4.42 Å². The molecule has 0 spiro atoms. The van der Waals surface area contributed by atoms with Gasteiger partial charge in [0.05, 0.1) is 15.0 Å². The Hall–Kier alpha value is -1.97. The van der Waals surface area contributed by atoms with E-state index in [0.717, 1.165) is 27.7 Å². The number of rotatable bonds is 7. The van der Waals surface area contributed by atoms with E-state index in [9.17, 15) is 0 Å². The molecule has 5 atom stereocenters. The average Bonchev–Trinajstić information content (AvgIpc) is 3.64. The van der Waals surface area contributed by atoms with Crippen LogP contribution in [0.15, 0.2) is 44.6 Å². The van der Waals surface area contributed by atoms with E-state index in [0.29, 0.717) is 23.7 Å². The molecule has 166 valence electrons. The Labute approximate surface area is 199 Å². The number of thioether (sulfide) groups is 1. The molecule has 9 heteroatoms. The number of fused-ring (bicyclic) bond motifs is 2. The Morgan fingerprint density at radius 1 is 1.00 bits per heavy atom. The van der Waals surface area contributed by atoms with Crippen molar-refractivity contribution < 1.29 is 4.42 Å². The molecule has 4 heterocycles. The van der Waals surface area contributed by atoms with E-state index >= 15 is 0 Å². The van der Waals surface area contributed by atoms with Crippen molar-refractivity contribution in [1.82, 2.24) is 25.0 Å². The maximum absolute atomic E-state index is 5.99. The third-order valence-electron chi connectivity index (χ3n) is 7.03. The lowest BCUT2D eigenvalue weighted by atomic mass is 9.84. The first-order chi connectivity index (χ1) is 15.7. The largest absolute Gasteiger partial charge is 0.419 e. The first-order valence-electron chi connectivity index (χ1n) is 11.2. The van der Waals surface area contributed by atoms with Crippen molar-refractivity contribution in [3.63, 3.8) is 0 Å². The fourth-order valence-electron chi connectivity index (χ4n) is 5.48. The minimum Gasteiger partial charge on any atom is -0.419 e. The zero-order chi connectivity index (χ0) is 21.7. The van der Waals surface area contributed by atoms with E-state index in [-0.39, 0.29) is 5.25 Å². The van der Waals surface area contributed by atoms with Crippen LogP contribution in [0.1, 0.15) is 56.7 Å². The number of hydrogen-bond acceptors (Lipinski definition) is 8. The van der Waals surface area contributed by atoms with Gasteiger partial charge in [-0.2, -0.15) is 0 Å². The maximum Gasteiger partial charge on any atom is 0.257 e. The molecular formula is C23H25N5OS3. The fourth-order valence-corrected chi connectivity index (χ4v) is 7.80. The summed E-state index contributed by atoms with van der Waals surface area (Å²) < 4.78 is 8.38. The molecule has 2 fully saturated rings. The predicted octanol–water partition coefficient (Wildman–Crippen LogP) is 6.97. The highest BCUT2D eigenvalue weighted by Crippen LogP contribution is 2.53. The van der Waals surface area contributed by atoms with Crippen molar-refractivity contribution in [2.75, 3.05) is 0 Å². The number of aromatic nitrogens is 5. The van der Waals surface area contributed by atoms with Crippen molar-refractivity contribution in [3.8, 4) is 21.5 Å². The molecule has 6 rings (SSSR count). The van der Waals surface area contributed by atoms with Gasteiger partial charge < -0.3 is 4.42 Å². The quantitative estimate of drug-likeness (QED) is 0.264. The molecule has 32 heavy (non-hydrogen) atoms. The molecule has 4 aromatic rings. The van der Waals surface area contributed by atoms with Crippen LogP contribution in [0.5, 0.6) is 0 Å². The summed E-state index contributed by atoms with van der Waals surface area (Å²) in [6, 6.07) is 8.59. The molecule has 2 aliphatic rings. The zero-order valence-corrected chi connectivity index (χ0v) is 20.5. The van der Waals surface area contributed by atoms with Crippen LogP contribution in [0, 0.1) is 17.8 Å². The molecule has 0 saturated heterocycles. The molecule has 2 aliphatic carbocycles. The highest BCUT2D eigenvalue weighted by molar-refractivity contribution is 7.99. The molecule has 5 unspecified atom stereocenters. The van der Waals surface area contributed by atoms with Gasteiger partial charge in [-0.05, 0) is 73.8 Å². The van der Waals surface area contributed by atoms with Crippen molar-refractivity contribution in [2.24, 2.45) is 17.8 Å². The summed E-state index contributed by atoms with van der Waals surface area (Å²) in [5.41, 5.74) is 0. The van der Waals surface area contributed by atoms with Gasteiger partial charge in [-0.3, -0.25) is 4.57 Å². The second kappa shape index (κ2) is 8.43. The molecule has 0 aliphatic heterocycles. The molecular weight excluding hydrogens is 458 g/mol. The molecule has 2 saturated carbocycles. The minimum absolute atomic E-state index is 0.0115. The fraction of sp³-hybridized carbons (Fsp3) is 0.478. The second-order valence-corrected chi connectivity index (χ2v) is 12.1. The van der Waals surface area contributed by atoms with Crippen molar-refractivity contribution >= 4 is 34.4 Å². The first-order valence-corrected chi connectivity index (χ1v) is 13.8. The monoisotopic (exact) mass is 483 g/mol. The summed E-state index contributed by atoms with van der Waals surface area (Å²) in [4.78, 5) is 2.17. The van der Waals surface area contributed by atoms with Gasteiger partial charge in [-0.15, -0.1) is 43.1 Å². The Morgan fingerprint density at radius 3 is 2.50 bits per heavy atom. The topological polar surface area (TPSA) is 69.6 Å². The van der Waals surface area contributed by atoms with Gasteiger partial charge in [-0.25, -0.2) is 0 Å². The lowest BCUT2D eigenvalue weighted by Gasteiger charge is -2.30. The SMILES string of the molecule is CC(Sc1nnc(-c2cccs2)n1C(C)C1CC2CCC1C2)c1nnc(-c2cccs2)o1. The predicted molar refractivity (Wildman–Crippen MR) is 129 cm³/mol. The first kappa shape index (κ1) is 20.6. The van der Waals surface area contributed by atoms with Gasteiger partial charge in [0.25, 0.3) is 5.89 Å². The molecule has 6 nitrogen and oxygen atoms in total. The molecule has 4 aromatic heterocycles. The summed E-state index contributed by atoms with van der Waals surface area (Å²) in [6.07, 6.45) is 5.53. The Kier molecular flexibility index (Phi) is 5.43. The van der Waals surface area contributed by atoms with E-state index in [1.54, 1.807) is 34.4 Å². The standard InChI is InChI=1S/C23H25N5OS3/c1-13(17-12-15-7-8-16(17)11-15)28-20(18-5-3-9-30-18)24-27-23(28)32-14(2)21-25-26-22(29-21)19-6-4-10-31-19/h3-6,9-10,13-17H,7-8,11-12H2,1-2H3. The third kappa shape index (κ3) is 3.64. The Bertz CT molecular complexity index is 1180. The zero-order valence-electron chi connectivity index (χ0n) is 18.0. The van der Waals surface area contributed by atoms with Gasteiger partial charge in [0.1, 0.15) is 0 Å². The minimum atomic E-state index is -0.0115. The summed E-state index contributed by atoms with van der Waals surface area (Å²) in [5.74, 6) is 4.64. The van der Waals surface area contributed by atoms with Crippen molar-refractivity contribution in [1.29, 1.82) is 0 Å². The Balaban J connectivity index is 1.30. The van der Waals surface area contributed by atoms with Crippen molar-refractivity contribution in [3.05, 3.63) is 40.9 Å². The highest BCUT2D eigenvalue weighted by atomic mass is 32.2. The van der Waals surface area contributed by atoms with Crippen LogP contribution >= 0.6 is 34.4 Å². The molecule has 0 N–H and O–H groups in total. The summed E-state index contributed by atoms with van der Waals surface area (Å²) in [7, 11) is 0. The van der Waals surface area contributed by atoms with Gasteiger partial charge in [0, 0.05) is 6.04 Å². The van der Waals surface area contributed by atoms with Gasteiger partial charge in [-0.1, -0.05) is 30.3 Å². The van der Waals surface area contributed by atoms with Crippen LogP contribution in [0.4, 0.5) is 0 Å². The second-order valence-electron chi connectivity index (χ2n) is 8.92. The normalized spacial score (nSPS) is 24.2. The molecule has 0 amide bonds. The Morgan fingerprint density at radius 2 is 1.81 bits per heavy atom. The highest BCUT2D eigenvalue weighted by Gasteiger charge is 2.43. The van der Waals surface area contributed by atoms with Gasteiger partial charge in [0.15, 0.2) is 11.0 Å². The van der Waals surface area contributed by atoms with Gasteiger partial charge in [0.2, 0.25) is 5.89 Å². The summed E-state index contributed by atoms with van der Waals surface area (Å²) >= 11 is 4.99. The number of hydrogen-bond donors (Lipinski definition) is 0. The van der Waals surface area contributed by atoms with Crippen LogP contribution in [0.2, 0.25) is 0 Å². The average molecular weight is 484 g/mol. The van der Waals surface area contributed by atoms with Gasteiger partial charge >= 0.3 is 0 Å². The van der Waals surface area contributed by atoms with Crippen LogP contribution in [-0.4, -0.2) is 25.0 Å². The third-order valence-corrected chi connectivity index (χ3v) is 9.80. The molecule has 0 radical (unpaired) electrons. The number of nitrogens with zero attached hydrogens (tertiary/aromatic N) is 5. The van der Waals surface area contributed by atoms with Crippen molar-refractivity contribution in [2.45, 2.75) is 56.0 Å². The lowest BCUT2D eigenvalue weighted by Crippen LogP contribution is -2.23. The van der Waals surface area contributed by atoms with Crippen LogP contribution in [0.3, 0.4) is 0 Å². The lowest BCUT2D eigenvalue weighted by molar-refractivity contribution is 0.235.